The average Bonchev–Trinajstić information content (AvgIpc) is 3.55. The van der Waals surface area contributed by atoms with Gasteiger partial charge in [-0.15, -0.1) is 0 Å². The van der Waals surface area contributed by atoms with E-state index in [1.54, 1.807) is 24.0 Å². The van der Waals surface area contributed by atoms with Gasteiger partial charge in [-0.25, -0.2) is 13.8 Å². The first-order chi connectivity index (χ1) is 14.3. The van der Waals surface area contributed by atoms with E-state index >= 15 is 0 Å². The number of hydrogen-bond acceptors (Lipinski definition) is 5. The number of likely N-dealkylation sites (tertiary alicyclic amines) is 1. The molecule has 3 heterocycles. The van der Waals surface area contributed by atoms with Crippen molar-refractivity contribution in [3.8, 4) is 0 Å². The van der Waals surface area contributed by atoms with E-state index in [2.05, 4.69) is 14.9 Å². The van der Waals surface area contributed by atoms with E-state index in [1.165, 1.54) is 12.8 Å². The van der Waals surface area contributed by atoms with E-state index in [9.17, 15) is 18.7 Å². The number of hydrogen-bond donors (Lipinski definition) is 1. The minimum absolute atomic E-state index is 0.163. The number of halogens is 2. The number of fused-ring (bicyclic) bond motifs is 3. The highest BCUT2D eigenvalue weighted by Crippen LogP contribution is 2.51. The van der Waals surface area contributed by atoms with Gasteiger partial charge in [-0.3, -0.25) is 14.7 Å². The molecule has 30 heavy (non-hydrogen) atoms. The number of aliphatic hydroxyl groups excluding tert-OH is 1. The van der Waals surface area contributed by atoms with Crippen molar-refractivity contribution in [2.24, 2.45) is 23.7 Å². The van der Waals surface area contributed by atoms with Crippen LogP contribution in [0.3, 0.4) is 0 Å². The molecule has 6 atom stereocenters. The number of carbonyl (C=O) groups excluding carboxylic acids is 1. The number of aliphatic hydroxyl groups is 1. The van der Waals surface area contributed by atoms with Crippen LogP contribution in [0.5, 0.6) is 0 Å². The second-order valence-electron chi connectivity index (χ2n) is 9.97. The summed E-state index contributed by atoms with van der Waals surface area (Å²) in [5.74, 6) is 2.51. The summed E-state index contributed by atoms with van der Waals surface area (Å²) in [6.07, 6.45) is -2.67. The summed E-state index contributed by atoms with van der Waals surface area (Å²) in [5.41, 5.74) is 1.75. The molecule has 3 aliphatic heterocycles. The lowest BCUT2D eigenvalue weighted by molar-refractivity contribution is -0.00858. The standard InChI is InChI=1S/C22H28F2N4O2/c1-11-3-16(19(29)20(23)24)18-17(4-11)21(30)25(2)22(26-7-12-5-13(12)8-26)28(18)27-9-14-6-15(14)10-27/h3-4,12-15,19-20,22,29H,5-10H2,1-2H3. The Bertz CT molecular complexity index is 891. The van der Waals surface area contributed by atoms with Crippen LogP contribution in [0.2, 0.25) is 0 Å². The Morgan fingerprint density at radius 2 is 1.63 bits per heavy atom. The van der Waals surface area contributed by atoms with Crippen molar-refractivity contribution in [3.05, 3.63) is 28.8 Å². The summed E-state index contributed by atoms with van der Waals surface area (Å²) in [4.78, 5) is 17.5. The van der Waals surface area contributed by atoms with Gasteiger partial charge in [0.1, 0.15) is 6.10 Å². The van der Waals surface area contributed by atoms with Crippen LogP contribution in [-0.4, -0.2) is 71.8 Å². The molecule has 2 saturated heterocycles. The monoisotopic (exact) mass is 418 g/mol. The Labute approximate surface area is 175 Å². The van der Waals surface area contributed by atoms with Gasteiger partial charge in [-0.1, -0.05) is 6.07 Å². The molecule has 6 unspecified atom stereocenters. The number of piperidine rings is 2. The van der Waals surface area contributed by atoms with E-state index in [0.717, 1.165) is 26.2 Å². The first-order valence-corrected chi connectivity index (χ1v) is 11.0. The number of nitrogens with zero attached hydrogens (tertiary/aromatic N) is 4. The minimum Gasteiger partial charge on any atom is -0.382 e. The quantitative estimate of drug-likeness (QED) is 0.813. The zero-order valence-electron chi connectivity index (χ0n) is 17.3. The minimum atomic E-state index is -2.91. The summed E-state index contributed by atoms with van der Waals surface area (Å²) in [5, 5.41) is 14.7. The molecule has 1 aromatic carbocycles. The van der Waals surface area contributed by atoms with Crippen LogP contribution >= 0.6 is 0 Å². The second kappa shape index (κ2) is 6.37. The van der Waals surface area contributed by atoms with Gasteiger partial charge in [0, 0.05) is 38.8 Å². The molecule has 0 bridgehead atoms. The van der Waals surface area contributed by atoms with Crippen LogP contribution < -0.4 is 5.01 Å². The third-order valence-corrected chi connectivity index (χ3v) is 7.78. The summed E-state index contributed by atoms with van der Waals surface area (Å²) in [6, 6.07) is 3.40. The predicted octanol–water partition coefficient (Wildman–Crippen LogP) is 2.29. The smallest absolute Gasteiger partial charge is 0.268 e. The maximum atomic E-state index is 13.6. The van der Waals surface area contributed by atoms with E-state index in [4.69, 9.17) is 0 Å². The zero-order chi connectivity index (χ0) is 20.9. The molecule has 8 heteroatoms. The van der Waals surface area contributed by atoms with Crippen molar-refractivity contribution in [3.63, 3.8) is 0 Å². The Morgan fingerprint density at radius 3 is 2.23 bits per heavy atom. The number of rotatable bonds is 4. The molecule has 2 saturated carbocycles. The van der Waals surface area contributed by atoms with E-state index < -0.39 is 12.5 Å². The van der Waals surface area contributed by atoms with Gasteiger partial charge in [0.25, 0.3) is 12.3 Å². The zero-order valence-corrected chi connectivity index (χ0v) is 17.3. The lowest BCUT2D eigenvalue weighted by atomic mass is 9.96. The molecule has 2 aliphatic carbocycles. The SMILES string of the molecule is Cc1cc2c(c(C(O)C(F)F)c1)N(N1CC3CC3C1)C(N1CC3CC3C1)N(C)C2=O. The largest absolute Gasteiger partial charge is 0.382 e. The van der Waals surface area contributed by atoms with Crippen LogP contribution in [0.25, 0.3) is 0 Å². The van der Waals surface area contributed by atoms with Gasteiger partial charge < -0.3 is 10.0 Å². The average molecular weight is 418 g/mol. The highest BCUT2D eigenvalue weighted by Gasteiger charge is 2.55. The van der Waals surface area contributed by atoms with Gasteiger partial charge in [0.15, 0.2) is 6.29 Å². The summed E-state index contributed by atoms with van der Waals surface area (Å²) in [7, 11) is 1.81. The molecule has 1 aromatic rings. The summed E-state index contributed by atoms with van der Waals surface area (Å²) >= 11 is 0. The highest BCUT2D eigenvalue weighted by atomic mass is 19.3. The van der Waals surface area contributed by atoms with Crippen LogP contribution in [0.15, 0.2) is 12.1 Å². The van der Waals surface area contributed by atoms with Crippen molar-refractivity contribution >= 4 is 11.6 Å². The molecule has 1 amide bonds. The van der Waals surface area contributed by atoms with Crippen molar-refractivity contribution in [2.75, 3.05) is 38.2 Å². The fourth-order valence-corrected chi connectivity index (χ4v) is 6.02. The lowest BCUT2D eigenvalue weighted by Gasteiger charge is -2.52. The topological polar surface area (TPSA) is 50.3 Å². The lowest BCUT2D eigenvalue weighted by Crippen LogP contribution is -2.66. The van der Waals surface area contributed by atoms with Crippen molar-refractivity contribution in [2.45, 2.75) is 38.6 Å². The van der Waals surface area contributed by atoms with E-state index in [-0.39, 0.29) is 17.8 Å². The van der Waals surface area contributed by atoms with Crippen LogP contribution in [0, 0.1) is 30.6 Å². The van der Waals surface area contributed by atoms with Gasteiger partial charge in [-0.2, -0.15) is 0 Å². The molecular weight excluding hydrogens is 390 g/mol. The maximum absolute atomic E-state index is 13.6. The van der Waals surface area contributed by atoms with Crippen molar-refractivity contribution in [1.29, 1.82) is 0 Å². The van der Waals surface area contributed by atoms with Crippen LogP contribution in [0.4, 0.5) is 14.5 Å². The number of aryl methyl sites for hydroxylation is 1. The molecule has 4 fully saturated rings. The molecule has 1 N–H and O–H groups in total. The molecule has 0 aromatic heterocycles. The Morgan fingerprint density at radius 1 is 1.03 bits per heavy atom. The Hall–Kier alpha value is -1.77. The van der Waals surface area contributed by atoms with Gasteiger partial charge >= 0.3 is 0 Å². The highest BCUT2D eigenvalue weighted by molar-refractivity contribution is 6.02. The predicted molar refractivity (Wildman–Crippen MR) is 107 cm³/mol. The van der Waals surface area contributed by atoms with E-state index in [0.29, 0.717) is 40.5 Å². The third kappa shape index (κ3) is 2.73. The first-order valence-electron chi connectivity index (χ1n) is 11.0. The molecule has 0 spiro atoms. The first kappa shape index (κ1) is 19.0. The van der Waals surface area contributed by atoms with Gasteiger partial charge in [0.05, 0.1) is 11.3 Å². The fourth-order valence-electron chi connectivity index (χ4n) is 6.02. The number of hydrazine groups is 1. The molecular formula is C22H28F2N4O2. The normalized spacial score (nSPS) is 36.2. The van der Waals surface area contributed by atoms with Crippen molar-refractivity contribution < 1.29 is 18.7 Å². The molecule has 162 valence electrons. The number of amides is 1. The van der Waals surface area contributed by atoms with Crippen LogP contribution in [-0.2, 0) is 0 Å². The third-order valence-electron chi connectivity index (χ3n) is 7.78. The maximum Gasteiger partial charge on any atom is 0.268 e. The number of carbonyl (C=O) groups is 1. The van der Waals surface area contributed by atoms with Gasteiger partial charge in [0.2, 0.25) is 0 Å². The van der Waals surface area contributed by atoms with Crippen molar-refractivity contribution in [1.82, 2.24) is 14.8 Å². The second-order valence-corrected chi connectivity index (χ2v) is 9.97. The molecule has 6 nitrogen and oxygen atoms in total. The van der Waals surface area contributed by atoms with Crippen LogP contribution in [0.1, 0.15) is 40.4 Å². The fraction of sp³-hybridized carbons (Fsp3) is 0.682. The number of alkyl halides is 2. The molecule has 5 aliphatic rings. The Kier molecular flexibility index (Phi) is 4.03. The van der Waals surface area contributed by atoms with E-state index in [1.807, 2.05) is 7.05 Å². The molecule has 6 rings (SSSR count). The number of anilines is 1. The van der Waals surface area contributed by atoms with Gasteiger partial charge in [-0.05, 0) is 55.1 Å². The molecule has 0 radical (unpaired) electrons. The summed E-state index contributed by atoms with van der Waals surface area (Å²) < 4.78 is 27.3. The Balaban J connectivity index is 1.50. The number of benzene rings is 1. The summed E-state index contributed by atoms with van der Waals surface area (Å²) in [6.45, 7) is 5.39.